The molecule has 0 aliphatic heterocycles. The van der Waals surface area contributed by atoms with Gasteiger partial charge in [0.2, 0.25) is 0 Å². The van der Waals surface area contributed by atoms with Crippen LogP contribution in [0.25, 0.3) is 10.9 Å². The lowest BCUT2D eigenvalue weighted by atomic mass is 10.1. The van der Waals surface area contributed by atoms with Crippen molar-refractivity contribution in [1.29, 1.82) is 0 Å². The van der Waals surface area contributed by atoms with Crippen LogP contribution in [0.1, 0.15) is 23.7 Å². The van der Waals surface area contributed by atoms with Crippen molar-refractivity contribution in [3.8, 4) is 0 Å². The first kappa shape index (κ1) is 13.6. The highest BCUT2D eigenvalue weighted by atomic mass is 15.0. The maximum absolute atomic E-state index is 4.71. The van der Waals surface area contributed by atoms with E-state index in [0.29, 0.717) is 6.54 Å². The van der Waals surface area contributed by atoms with Crippen LogP contribution in [0.5, 0.6) is 0 Å². The third-order valence-electron chi connectivity index (χ3n) is 3.70. The van der Waals surface area contributed by atoms with Crippen molar-refractivity contribution in [3.63, 3.8) is 0 Å². The van der Waals surface area contributed by atoms with Gasteiger partial charge in [0.15, 0.2) is 0 Å². The van der Waals surface area contributed by atoms with Gasteiger partial charge in [0.1, 0.15) is 5.82 Å². The van der Waals surface area contributed by atoms with Crippen LogP contribution in [0, 0.1) is 6.92 Å². The normalized spacial score (nSPS) is 10.8. The minimum atomic E-state index is 0.705. The van der Waals surface area contributed by atoms with Crippen molar-refractivity contribution in [2.75, 3.05) is 5.32 Å². The molecule has 2 heterocycles. The van der Waals surface area contributed by atoms with Crippen LogP contribution in [0.4, 0.5) is 5.82 Å². The average molecular weight is 277 g/mol. The Morgan fingerprint density at radius 2 is 1.95 bits per heavy atom. The van der Waals surface area contributed by atoms with E-state index in [1.807, 2.05) is 30.5 Å². The molecule has 0 unspecified atom stereocenters. The summed E-state index contributed by atoms with van der Waals surface area (Å²) in [7, 11) is 0. The van der Waals surface area contributed by atoms with E-state index >= 15 is 0 Å². The summed E-state index contributed by atoms with van der Waals surface area (Å²) in [5, 5.41) is 4.60. The first-order valence-corrected chi connectivity index (χ1v) is 7.31. The van der Waals surface area contributed by atoms with Gasteiger partial charge < -0.3 is 5.32 Å². The van der Waals surface area contributed by atoms with Crippen molar-refractivity contribution >= 4 is 16.7 Å². The zero-order valence-electron chi connectivity index (χ0n) is 12.4. The van der Waals surface area contributed by atoms with Crippen LogP contribution >= 0.6 is 0 Å². The summed E-state index contributed by atoms with van der Waals surface area (Å²) in [4.78, 5) is 9.17. The van der Waals surface area contributed by atoms with Gasteiger partial charge in [0, 0.05) is 11.6 Å². The molecule has 3 nitrogen and oxygen atoms in total. The van der Waals surface area contributed by atoms with E-state index < -0.39 is 0 Å². The molecular formula is C18H19N3. The molecular weight excluding hydrogens is 258 g/mol. The molecule has 0 aliphatic carbocycles. The molecule has 0 saturated heterocycles. The number of fused-ring (bicyclic) bond motifs is 1. The van der Waals surface area contributed by atoms with Gasteiger partial charge in [-0.3, -0.25) is 4.98 Å². The highest BCUT2D eigenvalue weighted by Gasteiger charge is 2.05. The Balaban J connectivity index is 1.86. The highest BCUT2D eigenvalue weighted by molar-refractivity contribution is 5.81. The lowest BCUT2D eigenvalue weighted by Crippen LogP contribution is -2.07. The molecule has 1 aromatic carbocycles. The van der Waals surface area contributed by atoms with E-state index in [4.69, 9.17) is 4.98 Å². The predicted octanol–water partition coefficient (Wildman–Crippen LogP) is 4.11. The summed E-state index contributed by atoms with van der Waals surface area (Å²) in [6, 6.07) is 14.5. The quantitative estimate of drug-likeness (QED) is 0.779. The fraction of sp³-hybridized carbons (Fsp3) is 0.222. The average Bonchev–Trinajstić information content (AvgIpc) is 2.53. The maximum Gasteiger partial charge on any atom is 0.129 e. The fourth-order valence-corrected chi connectivity index (χ4v) is 2.52. The van der Waals surface area contributed by atoms with E-state index in [-0.39, 0.29) is 0 Å². The Kier molecular flexibility index (Phi) is 3.82. The fourth-order valence-electron chi connectivity index (χ4n) is 2.52. The van der Waals surface area contributed by atoms with E-state index in [2.05, 4.69) is 42.3 Å². The number of para-hydroxylation sites is 1. The molecule has 0 radical (unpaired) electrons. The Hall–Kier alpha value is -2.42. The van der Waals surface area contributed by atoms with Crippen LogP contribution in [0.2, 0.25) is 0 Å². The predicted molar refractivity (Wildman–Crippen MR) is 87.4 cm³/mol. The lowest BCUT2D eigenvalue weighted by Gasteiger charge is -2.11. The standard InChI is InChI=1S/C18H19N3/c1-3-14-8-6-10-19-17(14)12-20-18-13(2)11-15-7-4-5-9-16(15)21-18/h4-11H,3,12H2,1-2H3,(H,20,21). The minimum absolute atomic E-state index is 0.705. The van der Waals surface area contributed by atoms with Crippen LogP contribution in [0.3, 0.4) is 0 Å². The minimum Gasteiger partial charge on any atom is -0.364 e. The molecule has 0 spiro atoms. The second kappa shape index (κ2) is 5.92. The second-order valence-corrected chi connectivity index (χ2v) is 5.16. The van der Waals surface area contributed by atoms with Crippen LogP contribution in [-0.4, -0.2) is 9.97 Å². The number of aromatic nitrogens is 2. The first-order valence-electron chi connectivity index (χ1n) is 7.31. The molecule has 3 rings (SSSR count). The van der Waals surface area contributed by atoms with Crippen LogP contribution in [0.15, 0.2) is 48.7 Å². The largest absolute Gasteiger partial charge is 0.364 e. The number of hydrogen-bond donors (Lipinski definition) is 1. The molecule has 0 saturated carbocycles. The van der Waals surface area contributed by atoms with Gasteiger partial charge in [-0.1, -0.05) is 31.2 Å². The molecule has 2 aromatic heterocycles. The number of aryl methyl sites for hydroxylation is 2. The summed E-state index contributed by atoms with van der Waals surface area (Å²) in [5.74, 6) is 0.932. The number of benzene rings is 1. The van der Waals surface area contributed by atoms with Crippen molar-refractivity contribution in [2.24, 2.45) is 0 Å². The monoisotopic (exact) mass is 277 g/mol. The SMILES string of the molecule is CCc1cccnc1CNc1nc2ccccc2cc1C. The topological polar surface area (TPSA) is 37.8 Å². The molecule has 3 aromatic rings. The van der Waals surface area contributed by atoms with E-state index in [1.165, 1.54) is 10.9 Å². The lowest BCUT2D eigenvalue weighted by molar-refractivity contribution is 0.964. The third kappa shape index (κ3) is 2.87. The van der Waals surface area contributed by atoms with Gasteiger partial charge in [-0.25, -0.2) is 4.98 Å². The number of nitrogens with zero attached hydrogens (tertiary/aromatic N) is 2. The molecule has 1 N–H and O–H groups in total. The molecule has 0 fully saturated rings. The number of anilines is 1. The zero-order chi connectivity index (χ0) is 14.7. The molecule has 0 aliphatic rings. The van der Waals surface area contributed by atoms with Gasteiger partial charge in [-0.15, -0.1) is 0 Å². The summed E-state index contributed by atoms with van der Waals surface area (Å²) in [5.41, 5.74) is 4.54. The van der Waals surface area contributed by atoms with Gasteiger partial charge in [0.05, 0.1) is 17.8 Å². The smallest absolute Gasteiger partial charge is 0.129 e. The number of rotatable bonds is 4. The maximum atomic E-state index is 4.71. The number of nitrogens with one attached hydrogen (secondary N) is 1. The van der Waals surface area contributed by atoms with Crippen LogP contribution < -0.4 is 5.32 Å². The molecule has 106 valence electrons. The Bertz CT molecular complexity index is 765. The second-order valence-electron chi connectivity index (χ2n) is 5.16. The highest BCUT2D eigenvalue weighted by Crippen LogP contribution is 2.20. The van der Waals surface area contributed by atoms with Gasteiger partial charge in [0.25, 0.3) is 0 Å². The molecule has 0 bridgehead atoms. The summed E-state index contributed by atoms with van der Waals surface area (Å²) in [6.45, 7) is 4.94. The molecule has 3 heteroatoms. The first-order chi connectivity index (χ1) is 10.3. The van der Waals surface area contributed by atoms with Gasteiger partial charge >= 0.3 is 0 Å². The zero-order valence-corrected chi connectivity index (χ0v) is 12.4. The number of hydrogen-bond acceptors (Lipinski definition) is 3. The Morgan fingerprint density at radius 1 is 1.10 bits per heavy atom. The van der Waals surface area contributed by atoms with E-state index in [9.17, 15) is 0 Å². The van der Waals surface area contributed by atoms with E-state index in [0.717, 1.165) is 29.0 Å². The van der Waals surface area contributed by atoms with Crippen LogP contribution in [-0.2, 0) is 13.0 Å². The summed E-state index contributed by atoms with van der Waals surface area (Å²) in [6.07, 6.45) is 2.84. The molecule has 0 amide bonds. The van der Waals surface area contributed by atoms with Crippen molar-refractivity contribution in [1.82, 2.24) is 9.97 Å². The number of pyridine rings is 2. The Labute approximate surface area is 125 Å². The van der Waals surface area contributed by atoms with Gasteiger partial charge in [-0.2, -0.15) is 0 Å². The van der Waals surface area contributed by atoms with Gasteiger partial charge in [-0.05, 0) is 42.7 Å². The Morgan fingerprint density at radius 3 is 2.81 bits per heavy atom. The summed E-state index contributed by atoms with van der Waals surface area (Å²) >= 11 is 0. The molecule has 0 atom stereocenters. The molecule has 21 heavy (non-hydrogen) atoms. The van der Waals surface area contributed by atoms with Crippen molar-refractivity contribution < 1.29 is 0 Å². The third-order valence-corrected chi connectivity index (χ3v) is 3.70. The van der Waals surface area contributed by atoms with E-state index in [1.54, 1.807) is 0 Å². The summed E-state index contributed by atoms with van der Waals surface area (Å²) < 4.78 is 0. The van der Waals surface area contributed by atoms with Crippen molar-refractivity contribution in [3.05, 3.63) is 65.5 Å². The van der Waals surface area contributed by atoms with Crippen molar-refractivity contribution in [2.45, 2.75) is 26.8 Å².